The summed E-state index contributed by atoms with van der Waals surface area (Å²) in [5.74, 6) is 1.14. The van der Waals surface area contributed by atoms with Gasteiger partial charge in [0.25, 0.3) is 0 Å². The van der Waals surface area contributed by atoms with E-state index < -0.39 is 7.22 Å². The maximum Gasteiger partial charge on any atom is 0.125 e. The summed E-state index contributed by atoms with van der Waals surface area (Å²) in [5, 5.41) is 0. The van der Waals surface area contributed by atoms with E-state index in [1.54, 1.807) is 0 Å². The van der Waals surface area contributed by atoms with Crippen LogP contribution in [0.1, 0.15) is 47.1 Å². The average Bonchev–Trinajstić information content (AvgIpc) is 2.56. The van der Waals surface area contributed by atoms with Crippen molar-refractivity contribution in [1.82, 2.24) is 4.98 Å². The van der Waals surface area contributed by atoms with Crippen LogP contribution in [-0.2, 0) is 5.75 Å². The predicted molar refractivity (Wildman–Crippen MR) is 112 cm³/mol. The second-order valence-electron chi connectivity index (χ2n) is 7.54. The molecule has 0 aliphatic rings. The molecule has 0 amide bonds. The normalized spacial score (nSPS) is 12.4. The molecule has 0 radical (unpaired) electrons. The quantitative estimate of drug-likeness (QED) is 0.488. The minimum atomic E-state index is -1.38. The van der Waals surface area contributed by atoms with Crippen LogP contribution < -0.4 is 0 Å². The fraction of sp³-hybridized carbons (Fsp3) is 0.476. The lowest BCUT2D eigenvalue weighted by Crippen LogP contribution is -2.41. The van der Waals surface area contributed by atoms with E-state index >= 15 is 0 Å². The Morgan fingerprint density at radius 3 is 1.67 bits per heavy atom. The Hall–Kier alpha value is -1.06. The first-order valence-corrected chi connectivity index (χ1v) is 13.0. The van der Waals surface area contributed by atoms with Crippen molar-refractivity contribution in [3.8, 4) is 11.1 Å². The molecule has 3 heteroatoms. The van der Waals surface area contributed by atoms with Crippen LogP contribution in [0.25, 0.3) is 11.1 Å². The predicted octanol–water partition coefficient (Wildman–Crippen LogP) is 7.16. The van der Waals surface area contributed by atoms with Gasteiger partial charge in [0.05, 0.1) is 0 Å². The minimum absolute atomic E-state index is 0.804. The highest BCUT2D eigenvalue weighted by molar-refractivity contribution is 8.28. The summed E-state index contributed by atoms with van der Waals surface area (Å²) >= 11 is 2.28. The van der Waals surface area contributed by atoms with Crippen LogP contribution in [0.5, 0.6) is 0 Å². The van der Waals surface area contributed by atoms with Gasteiger partial charge in [0.2, 0.25) is 0 Å². The highest BCUT2D eigenvalue weighted by atomic mass is 32.4. The summed E-state index contributed by atoms with van der Waals surface area (Å²) in [4.78, 5) is 4.10. The average molecular weight is 358 g/mol. The van der Waals surface area contributed by atoms with Gasteiger partial charge in [0, 0.05) is 18.1 Å². The molecule has 0 spiro atoms. The van der Waals surface area contributed by atoms with Crippen molar-refractivity contribution in [2.75, 3.05) is 0 Å². The Morgan fingerprint density at radius 1 is 0.750 bits per heavy atom. The summed E-state index contributed by atoms with van der Waals surface area (Å²) in [6.07, 6.45) is 3.71. The first-order chi connectivity index (χ1) is 11.4. The summed E-state index contributed by atoms with van der Waals surface area (Å²) in [5.41, 5.74) is 6.36. The van der Waals surface area contributed by atoms with Gasteiger partial charge in [-0.15, -0.1) is 0 Å². The zero-order chi connectivity index (χ0) is 17.7. The van der Waals surface area contributed by atoms with Gasteiger partial charge in [-0.1, -0.05) is 65.8 Å². The lowest BCUT2D eigenvalue weighted by molar-refractivity contribution is 0.851. The highest BCUT2D eigenvalue weighted by Crippen LogP contribution is 2.50. The SMILES string of the molecule is CC(C)[Si](SCc1ccc(-c2ccncc2)cc1)(C(C)C)C(C)C. The Morgan fingerprint density at radius 2 is 1.21 bits per heavy atom. The molecule has 0 unspecified atom stereocenters. The number of nitrogens with zero attached hydrogens (tertiary/aromatic N) is 1. The van der Waals surface area contributed by atoms with Crippen molar-refractivity contribution in [1.29, 1.82) is 0 Å². The van der Waals surface area contributed by atoms with Crippen LogP contribution in [0.2, 0.25) is 16.6 Å². The molecule has 0 bridgehead atoms. The number of hydrogen-bond donors (Lipinski definition) is 0. The van der Waals surface area contributed by atoms with E-state index in [-0.39, 0.29) is 0 Å². The molecule has 0 saturated heterocycles. The first kappa shape index (κ1) is 19.3. The van der Waals surface area contributed by atoms with Crippen molar-refractivity contribution in [3.63, 3.8) is 0 Å². The third-order valence-corrected chi connectivity index (χ3v) is 17.7. The molecule has 0 fully saturated rings. The van der Waals surface area contributed by atoms with Gasteiger partial charge < -0.3 is 0 Å². The van der Waals surface area contributed by atoms with Crippen molar-refractivity contribution in [3.05, 3.63) is 54.4 Å². The van der Waals surface area contributed by atoms with Gasteiger partial charge >= 0.3 is 0 Å². The van der Waals surface area contributed by atoms with E-state index in [0.717, 1.165) is 22.4 Å². The largest absolute Gasteiger partial charge is 0.265 e. The number of aromatic nitrogens is 1. The molecular formula is C21H31NSSi. The number of hydrogen-bond acceptors (Lipinski definition) is 2. The molecule has 0 aliphatic heterocycles. The Kier molecular flexibility index (Phi) is 6.70. The second kappa shape index (κ2) is 8.35. The highest BCUT2D eigenvalue weighted by Gasteiger charge is 2.43. The maximum absolute atomic E-state index is 4.10. The van der Waals surface area contributed by atoms with E-state index in [4.69, 9.17) is 0 Å². The molecule has 1 heterocycles. The molecule has 24 heavy (non-hydrogen) atoms. The maximum atomic E-state index is 4.10. The third kappa shape index (κ3) is 4.12. The van der Waals surface area contributed by atoms with Gasteiger partial charge in [-0.3, -0.25) is 4.98 Å². The number of pyridine rings is 1. The number of benzene rings is 1. The first-order valence-electron chi connectivity index (χ1n) is 9.01. The van der Waals surface area contributed by atoms with Gasteiger partial charge in [0.15, 0.2) is 0 Å². The van der Waals surface area contributed by atoms with Crippen LogP contribution in [0.3, 0.4) is 0 Å². The fourth-order valence-corrected chi connectivity index (χ4v) is 13.9. The smallest absolute Gasteiger partial charge is 0.125 e. The van der Waals surface area contributed by atoms with Crippen LogP contribution in [0.4, 0.5) is 0 Å². The van der Waals surface area contributed by atoms with Crippen molar-refractivity contribution < 1.29 is 0 Å². The summed E-state index contributed by atoms with van der Waals surface area (Å²) in [6, 6.07) is 13.2. The molecule has 0 atom stereocenters. The van der Waals surface area contributed by atoms with Gasteiger partial charge in [-0.25, -0.2) is 0 Å². The van der Waals surface area contributed by atoms with Crippen molar-refractivity contribution in [2.45, 2.75) is 63.9 Å². The number of rotatable bonds is 7. The van der Waals surface area contributed by atoms with Crippen molar-refractivity contribution >= 4 is 18.4 Å². The fourth-order valence-electron chi connectivity index (χ4n) is 4.05. The Bertz CT molecular complexity index is 598. The lowest BCUT2D eigenvalue weighted by Gasteiger charge is -2.42. The van der Waals surface area contributed by atoms with Gasteiger partial charge in [0.1, 0.15) is 7.22 Å². The summed E-state index contributed by atoms with van der Waals surface area (Å²) < 4.78 is 0. The molecule has 0 aliphatic carbocycles. The monoisotopic (exact) mass is 357 g/mol. The van der Waals surface area contributed by atoms with Crippen LogP contribution >= 0.6 is 11.2 Å². The topological polar surface area (TPSA) is 12.9 Å². The van der Waals surface area contributed by atoms with Crippen LogP contribution in [0, 0.1) is 0 Å². The Balaban J connectivity index is 2.13. The van der Waals surface area contributed by atoms with Crippen LogP contribution in [-0.4, -0.2) is 12.2 Å². The van der Waals surface area contributed by atoms with E-state index in [1.807, 2.05) is 12.4 Å². The third-order valence-electron chi connectivity index (χ3n) is 5.16. The molecule has 130 valence electrons. The molecule has 1 nitrogen and oxygen atoms in total. The van der Waals surface area contributed by atoms with Gasteiger partial charge in [-0.2, -0.15) is 11.2 Å². The molecule has 0 N–H and O–H groups in total. The van der Waals surface area contributed by atoms with E-state index in [1.165, 1.54) is 16.7 Å². The van der Waals surface area contributed by atoms with E-state index in [9.17, 15) is 0 Å². The lowest BCUT2D eigenvalue weighted by atomic mass is 10.1. The van der Waals surface area contributed by atoms with E-state index in [0.29, 0.717) is 0 Å². The molecular weight excluding hydrogens is 326 g/mol. The van der Waals surface area contributed by atoms with Gasteiger partial charge in [-0.05, 0) is 45.4 Å². The summed E-state index contributed by atoms with van der Waals surface area (Å²) in [7, 11) is -1.38. The van der Waals surface area contributed by atoms with Crippen molar-refractivity contribution in [2.24, 2.45) is 0 Å². The second-order valence-corrected chi connectivity index (χ2v) is 16.3. The van der Waals surface area contributed by atoms with Crippen LogP contribution in [0.15, 0.2) is 48.8 Å². The van der Waals surface area contributed by atoms with E-state index in [2.05, 4.69) is 94.1 Å². The zero-order valence-corrected chi connectivity index (χ0v) is 17.7. The minimum Gasteiger partial charge on any atom is -0.265 e. The molecule has 0 saturated carbocycles. The molecule has 1 aromatic heterocycles. The molecule has 2 rings (SSSR count). The standard InChI is InChI=1S/C21H31NSSi/c1-16(2)24(17(3)4,18(5)6)23-15-19-7-9-20(10-8-19)21-11-13-22-14-12-21/h7-14,16-18H,15H2,1-6H3. The molecule has 2 aromatic rings. The summed E-state index contributed by atoms with van der Waals surface area (Å²) in [6.45, 7) is 14.6. The Labute approximate surface area is 153 Å². The molecule has 1 aromatic carbocycles. The zero-order valence-electron chi connectivity index (χ0n) is 15.9.